The zero-order chi connectivity index (χ0) is 11.1. The van der Waals surface area contributed by atoms with E-state index >= 15 is 0 Å². The Labute approximate surface area is 94.8 Å². The van der Waals surface area contributed by atoms with Gasteiger partial charge in [-0.25, -0.2) is 4.39 Å². The lowest BCUT2D eigenvalue weighted by Gasteiger charge is -2.05. The summed E-state index contributed by atoms with van der Waals surface area (Å²) in [4.78, 5) is 0. The summed E-state index contributed by atoms with van der Waals surface area (Å²) in [7, 11) is 1.93. The Morgan fingerprint density at radius 1 is 1.33 bits per heavy atom. The lowest BCUT2D eigenvalue weighted by atomic mass is 10.2. The van der Waals surface area contributed by atoms with Gasteiger partial charge in [0.15, 0.2) is 0 Å². The molecule has 2 nitrogen and oxygen atoms in total. The van der Waals surface area contributed by atoms with Crippen LogP contribution in [0.3, 0.4) is 0 Å². The molecule has 0 saturated heterocycles. The Bertz CT molecular complexity index is 305. The summed E-state index contributed by atoms with van der Waals surface area (Å²) in [6.45, 7) is 2.66. The summed E-state index contributed by atoms with van der Waals surface area (Å²) in [6.07, 6.45) is 1.07. The highest BCUT2D eigenvalue weighted by atomic mass is 35.5. The first-order chi connectivity index (χ1) is 7.24. The van der Waals surface area contributed by atoms with Crippen LogP contribution in [0, 0.1) is 5.82 Å². The maximum atomic E-state index is 12.8. The van der Waals surface area contributed by atoms with E-state index in [9.17, 15) is 4.39 Å². The van der Waals surface area contributed by atoms with E-state index in [1.54, 1.807) is 12.1 Å². The van der Waals surface area contributed by atoms with E-state index in [2.05, 4.69) is 10.6 Å². The van der Waals surface area contributed by atoms with Crippen LogP contribution in [0.5, 0.6) is 0 Å². The van der Waals surface area contributed by atoms with Crippen LogP contribution in [0.2, 0.25) is 5.02 Å². The topological polar surface area (TPSA) is 24.1 Å². The molecular formula is C11H16ClFN2. The number of rotatable bonds is 6. The Morgan fingerprint density at radius 3 is 2.80 bits per heavy atom. The molecule has 0 fully saturated rings. The molecule has 0 atom stereocenters. The van der Waals surface area contributed by atoms with E-state index in [1.807, 2.05) is 7.05 Å². The molecule has 0 saturated carbocycles. The molecule has 15 heavy (non-hydrogen) atoms. The number of halogens is 2. The van der Waals surface area contributed by atoms with E-state index in [-0.39, 0.29) is 10.8 Å². The summed E-state index contributed by atoms with van der Waals surface area (Å²) in [5.74, 6) is -0.365. The fourth-order valence-electron chi connectivity index (χ4n) is 1.27. The van der Waals surface area contributed by atoms with Crippen LogP contribution in [0.15, 0.2) is 18.2 Å². The van der Waals surface area contributed by atoms with E-state index in [4.69, 9.17) is 11.6 Å². The third kappa shape index (κ3) is 4.60. The van der Waals surface area contributed by atoms with Crippen LogP contribution >= 0.6 is 11.6 Å². The van der Waals surface area contributed by atoms with Crippen LogP contribution in [-0.4, -0.2) is 20.1 Å². The summed E-state index contributed by atoms with van der Waals surface area (Å²) in [5, 5.41) is 6.52. The van der Waals surface area contributed by atoms with E-state index in [0.717, 1.165) is 31.6 Å². The molecule has 1 aromatic carbocycles. The average Bonchev–Trinajstić information content (AvgIpc) is 2.23. The molecule has 4 heteroatoms. The predicted molar refractivity (Wildman–Crippen MR) is 61.7 cm³/mol. The molecule has 1 aromatic rings. The molecule has 0 aromatic heterocycles. The highest BCUT2D eigenvalue weighted by Gasteiger charge is 1.99. The minimum absolute atomic E-state index is 0.185. The Morgan fingerprint density at radius 2 is 2.13 bits per heavy atom. The number of hydrogen-bond acceptors (Lipinski definition) is 2. The lowest BCUT2D eigenvalue weighted by Crippen LogP contribution is -2.19. The lowest BCUT2D eigenvalue weighted by molar-refractivity contribution is 0.616. The quantitative estimate of drug-likeness (QED) is 0.732. The molecule has 0 radical (unpaired) electrons. The number of hydrogen-bond donors (Lipinski definition) is 2. The second-order valence-corrected chi connectivity index (χ2v) is 3.79. The van der Waals surface area contributed by atoms with Gasteiger partial charge < -0.3 is 10.6 Å². The fraction of sp³-hybridized carbons (Fsp3) is 0.455. The van der Waals surface area contributed by atoms with Crippen molar-refractivity contribution in [2.75, 3.05) is 20.1 Å². The van der Waals surface area contributed by atoms with Gasteiger partial charge in [-0.3, -0.25) is 0 Å². The molecule has 0 aliphatic heterocycles. The molecule has 0 unspecified atom stereocenters. The highest BCUT2D eigenvalue weighted by Crippen LogP contribution is 2.15. The standard InChI is InChI=1S/C11H16ClFN2/c1-14-5-2-6-15-8-9-3-4-11(13)10(12)7-9/h3-4,7,14-15H,2,5-6,8H2,1H3. The second kappa shape index (κ2) is 6.77. The van der Waals surface area contributed by atoms with Crippen LogP contribution in [0.25, 0.3) is 0 Å². The van der Waals surface area contributed by atoms with E-state index < -0.39 is 0 Å². The maximum absolute atomic E-state index is 12.8. The molecule has 1 rings (SSSR count). The third-order valence-corrected chi connectivity index (χ3v) is 2.38. The Balaban J connectivity index is 2.28. The van der Waals surface area contributed by atoms with Gasteiger partial charge in [-0.05, 0) is 44.3 Å². The van der Waals surface area contributed by atoms with Crippen molar-refractivity contribution in [3.63, 3.8) is 0 Å². The number of benzene rings is 1. The van der Waals surface area contributed by atoms with Gasteiger partial charge in [0, 0.05) is 6.54 Å². The first-order valence-electron chi connectivity index (χ1n) is 5.03. The summed E-state index contributed by atoms with van der Waals surface area (Å²) < 4.78 is 12.8. The minimum atomic E-state index is -0.365. The summed E-state index contributed by atoms with van der Waals surface area (Å²) in [5.41, 5.74) is 1.01. The monoisotopic (exact) mass is 230 g/mol. The van der Waals surface area contributed by atoms with Crippen molar-refractivity contribution in [1.29, 1.82) is 0 Å². The van der Waals surface area contributed by atoms with Crippen molar-refractivity contribution in [2.24, 2.45) is 0 Å². The molecule has 0 amide bonds. The van der Waals surface area contributed by atoms with Gasteiger partial charge in [0.25, 0.3) is 0 Å². The third-order valence-electron chi connectivity index (χ3n) is 2.09. The van der Waals surface area contributed by atoms with Crippen molar-refractivity contribution in [1.82, 2.24) is 10.6 Å². The van der Waals surface area contributed by atoms with E-state index in [0.29, 0.717) is 0 Å². The van der Waals surface area contributed by atoms with Gasteiger partial charge in [-0.2, -0.15) is 0 Å². The van der Waals surface area contributed by atoms with E-state index in [1.165, 1.54) is 6.07 Å². The second-order valence-electron chi connectivity index (χ2n) is 3.38. The largest absolute Gasteiger partial charge is 0.320 e. The van der Waals surface area contributed by atoms with Crippen molar-refractivity contribution in [3.05, 3.63) is 34.6 Å². The molecule has 0 heterocycles. The van der Waals surface area contributed by atoms with Gasteiger partial charge >= 0.3 is 0 Å². The van der Waals surface area contributed by atoms with Crippen molar-refractivity contribution in [3.8, 4) is 0 Å². The predicted octanol–water partition coefficient (Wildman–Crippen LogP) is 2.18. The molecule has 84 valence electrons. The van der Waals surface area contributed by atoms with Crippen LogP contribution in [0.4, 0.5) is 4.39 Å². The highest BCUT2D eigenvalue weighted by molar-refractivity contribution is 6.30. The molecule has 0 bridgehead atoms. The molecule has 2 N–H and O–H groups in total. The van der Waals surface area contributed by atoms with Crippen molar-refractivity contribution < 1.29 is 4.39 Å². The Hall–Kier alpha value is -0.640. The zero-order valence-corrected chi connectivity index (χ0v) is 9.57. The first-order valence-corrected chi connectivity index (χ1v) is 5.41. The average molecular weight is 231 g/mol. The summed E-state index contributed by atoms with van der Waals surface area (Å²) in [6, 6.07) is 4.79. The van der Waals surface area contributed by atoms with Crippen molar-refractivity contribution >= 4 is 11.6 Å². The van der Waals surface area contributed by atoms with Crippen LogP contribution < -0.4 is 10.6 Å². The smallest absolute Gasteiger partial charge is 0.141 e. The zero-order valence-electron chi connectivity index (χ0n) is 8.82. The first kappa shape index (κ1) is 12.4. The van der Waals surface area contributed by atoms with Crippen molar-refractivity contribution in [2.45, 2.75) is 13.0 Å². The van der Waals surface area contributed by atoms with Gasteiger partial charge in [-0.1, -0.05) is 17.7 Å². The van der Waals surface area contributed by atoms with Crippen LogP contribution in [-0.2, 0) is 6.54 Å². The molecule has 0 aliphatic rings. The van der Waals surface area contributed by atoms with Gasteiger partial charge in [-0.15, -0.1) is 0 Å². The molecule has 0 spiro atoms. The molecular weight excluding hydrogens is 215 g/mol. The van der Waals surface area contributed by atoms with Gasteiger partial charge in [0.2, 0.25) is 0 Å². The number of nitrogens with one attached hydrogen (secondary N) is 2. The Kier molecular flexibility index (Phi) is 5.61. The SMILES string of the molecule is CNCCCNCc1ccc(F)c(Cl)c1. The normalized spacial score (nSPS) is 10.6. The molecule has 0 aliphatic carbocycles. The van der Waals surface area contributed by atoms with Gasteiger partial charge in [0.1, 0.15) is 5.82 Å². The van der Waals surface area contributed by atoms with Gasteiger partial charge in [0.05, 0.1) is 5.02 Å². The minimum Gasteiger partial charge on any atom is -0.320 e. The van der Waals surface area contributed by atoms with Crippen LogP contribution in [0.1, 0.15) is 12.0 Å². The maximum Gasteiger partial charge on any atom is 0.141 e. The summed E-state index contributed by atoms with van der Waals surface area (Å²) >= 11 is 5.66. The fourth-order valence-corrected chi connectivity index (χ4v) is 1.48.